The number of para-hydroxylation sites is 1. The first kappa shape index (κ1) is 12.6. The van der Waals surface area contributed by atoms with Gasteiger partial charge in [-0.2, -0.15) is 0 Å². The van der Waals surface area contributed by atoms with Crippen molar-refractivity contribution in [3.63, 3.8) is 0 Å². The van der Waals surface area contributed by atoms with Crippen LogP contribution in [0.15, 0.2) is 30.6 Å². The molecule has 4 nitrogen and oxygen atoms in total. The van der Waals surface area contributed by atoms with E-state index in [0.717, 1.165) is 23.6 Å². The summed E-state index contributed by atoms with van der Waals surface area (Å²) in [5, 5.41) is 0. The Morgan fingerprint density at radius 2 is 2.06 bits per heavy atom. The van der Waals surface area contributed by atoms with Gasteiger partial charge in [0.25, 0.3) is 0 Å². The topological polar surface area (TPSA) is 53.1 Å². The van der Waals surface area contributed by atoms with Crippen molar-refractivity contribution in [2.45, 2.75) is 26.9 Å². The highest BCUT2D eigenvalue weighted by Crippen LogP contribution is 2.17. The van der Waals surface area contributed by atoms with Crippen LogP contribution in [-0.4, -0.2) is 16.2 Å². The minimum atomic E-state index is 0.499. The lowest BCUT2D eigenvalue weighted by Gasteiger charge is -2.11. The molecule has 0 saturated carbocycles. The van der Waals surface area contributed by atoms with Gasteiger partial charge in [0, 0.05) is 17.8 Å². The number of aryl methyl sites for hydroxylation is 1. The number of benzene rings is 1. The predicted molar refractivity (Wildman–Crippen MR) is 71.5 cm³/mol. The molecule has 1 aromatic carbocycles. The maximum absolute atomic E-state index is 5.77. The van der Waals surface area contributed by atoms with Crippen LogP contribution in [0.4, 0.5) is 0 Å². The van der Waals surface area contributed by atoms with E-state index in [9.17, 15) is 0 Å². The highest BCUT2D eigenvalue weighted by atomic mass is 16.5. The number of nitrogens with zero attached hydrogens (tertiary/aromatic N) is 2. The maximum atomic E-state index is 5.77. The van der Waals surface area contributed by atoms with Gasteiger partial charge in [-0.1, -0.05) is 18.2 Å². The zero-order chi connectivity index (χ0) is 13.0. The van der Waals surface area contributed by atoms with Crippen molar-refractivity contribution in [2.24, 2.45) is 5.73 Å². The fraction of sp³-hybridized carbons (Fsp3) is 0.357. The van der Waals surface area contributed by atoms with E-state index < -0.39 is 0 Å². The fourth-order valence-electron chi connectivity index (χ4n) is 1.84. The van der Waals surface area contributed by atoms with Gasteiger partial charge in [-0.15, -0.1) is 0 Å². The number of hydrogen-bond donors (Lipinski definition) is 1. The first-order valence-corrected chi connectivity index (χ1v) is 6.11. The Bertz CT molecular complexity index is 520. The number of hydrogen-bond acceptors (Lipinski definition) is 3. The number of ether oxygens (including phenoxy) is 1. The van der Waals surface area contributed by atoms with Crippen molar-refractivity contribution in [3.05, 3.63) is 47.5 Å². The van der Waals surface area contributed by atoms with E-state index >= 15 is 0 Å². The standard InChI is InChI=1S/C14H19N3O/c1-11-12(2)17(10-16-11)7-8-18-14-6-4-3-5-13(14)9-15/h3-6,10H,7-9,15H2,1-2H3. The Hall–Kier alpha value is -1.81. The average molecular weight is 245 g/mol. The van der Waals surface area contributed by atoms with E-state index in [1.54, 1.807) is 0 Å². The highest BCUT2D eigenvalue weighted by Gasteiger charge is 2.03. The van der Waals surface area contributed by atoms with E-state index in [-0.39, 0.29) is 0 Å². The summed E-state index contributed by atoms with van der Waals surface area (Å²) in [5.41, 5.74) is 8.96. The molecule has 0 radical (unpaired) electrons. The third-order valence-electron chi connectivity index (χ3n) is 3.13. The second-order valence-corrected chi connectivity index (χ2v) is 4.27. The number of nitrogens with two attached hydrogens (primary N) is 1. The lowest BCUT2D eigenvalue weighted by molar-refractivity contribution is 0.294. The zero-order valence-electron chi connectivity index (χ0n) is 10.9. The van der Waals surface area contributed by atoms with Crippen molar-refractivity contribution < 1.29 is 4.74 Å². The van der Waals surface area contributed by atoms with Crippen molar-refractivity contribution in [3.8, 4) is 5.75 Å². The van der Waals surface area contributed by atoms with Crippen molar-refractivity contribution in [1.29, 1.82) is 0 Å². The lowest BCUT2D eigenvalue weighted by atomic mass is 10.2. The van der Waals surface area contributed by atoms with E-state index in [0.29, 0.717) is 13.2 Å². The quantitative estimate of drug-likeness (QED) is 0.877. The first-order chi connectivity index (χ1) is 8.72. The molecule has 2 N–H and O–H groups in total. The molecular formula is C14H19N3O. The summed E-state index contributed by atoms with van der Waals surface area (Å²) in [6.07, 6.45) is 1.85. The monoisotopic (exact) mass is 245 g/mol. The van der Waals surface area contributed by atoms with Crippen LogP contribution in [0.5, 0.6) is 5.75 Å². The molecule has 4 heteroatoms. The van der Waals surface area contributed by atoms with Crippen LogP contribution in [0.1, 0.15) is 17.0 Å². The van der Waals surface area contributed by atoms with Crippen LogP contribution >= 0.6 is 0 Å². The average Bonchev–Trinajstić information content (AvgIpc) is 2.71. The molecule has 0 atom stereocenters. The van der Waals surface area contributed by atoms with Gasteiger partial charge in [0.1, 0.15) is 12.4 Å². The van der Waals surface area contributed by atoms with Crippen LogP contribution in [0, 0.1) is 13.8 Å². The van der Waals surface area contributed by atoms with Gasteiger partial charge in [0.2, 0.25) is 0 Å². The van der Waals surface area contributed by atoms with Gasteiger partial charge in [-0.25, -0.2) is 4.98 Å². The molecule has 0 bridgehead atoms. The summed E-state index contributed by atoms with van der Waals surface area (Å²) in [7, 11) is 0. The largest absolute Gasteiger partial charge is 0.491 e. The van der Waals surface area contributed by atoms with Crippen molar-refractivity contribution in [1.82, 2.24) is 9.55 Å². The Labute approximate surface area is 107 Å². The maximum Gasteiger partial charge on any atom is 0.123 e. The second kappa shape index (κ2) is 5.69. The Morgan fingerprint density at radius 1 is 1.28 bits per heavy atom. The Morgan fingerprint density at radius 3 is 2.72 bits per heavy atom. The molecule has 0 aliphatic carbocycles. The number of aromatic nitrogens is 2. The minimum absolute atomic E-state index is 0.499. The van der Waals surface area contributed by atoms with Crippen LogP contribution in [0.2, 0.25) is 0 Å². The Balaban J connectivity index is 1.94. The van der Waals surface area contributed by atoms with Crippen LogP contribution < -0.4 is 10.5 Å². The van der Waals surface area contributed by atoms with Gasteiger partial charge in [-0.05, 0) is 19.9 Å². The Kier molecular flexibility index (Phi) is 3.99. The summed E-state index contributed by atoms with van der Waals surface area (Å²) in [4.78, 5) is 4.26. The van der Waals surface area contributed by atoms with Gasteiger partial charge in [-0.3, -0.25) is 0 Å². The summed E-state index contributed by atoms with van der Waals surface area (Å²) in [6, 6.07) is 7.87. The SMILES string of the molecule is Cc1ncn(CCOc2ccccc2CN)c1C. The smallest absolute Gasteiger partial charge is 0.123 e. The lowest BCUT2D eigenvalue weighted by Crippen LogP contribution is -2.10. The fourth-order valence-corrected chi connectivity index (χ4v) is 1.84. The van der Waals surface area contributed by atoms with Gasteiger partial charge < -0.3 is 15.0 Å². The molecule has 2 aromatic rings. The molecule has 2 rings (SSSR count). The molecule has 0 unspecified atom stereocenters. The molecule has 0 aliphatic rings. The molecule has 0 saturated heterocycles. The summed E-state index contributed by atoms with van der Waals surface area (Å²) < 4.78 is 7.87. The third-order valence-corrected chi connectivity index (χ3v) is 3.13. The van der Waals surface area contributed by atoms with E-state index in [4.69, 9.17) is 10.5 Å². The number of rotatable bonds is 5. The molecule has 0 aliphatic heterocycles. The highest BCUT2D eigenvalue weighted by molar-refractivity contribution is 5.32. The molecule has 18 heavy (non-hydrogen) atoms. The predicted octanol–water partition coefficient (Wildman–Crippen LogP) is 2.04. The van der Waals surface area contributed by atoms with Crippen molar-refractivity contribution >= 4 is 0 Å². The summed E-state index contributed by atoms with van der Waals surface area (Å²) in [6.45, 7) is 5.99. The van der Waals surface area contributed by atoms with Gasteiger partial charge >= 0.3 is 0 Å². The van der Waals surface area contributed by atoms with Crippen LogP contribution in [0.3, 0.4) is 0 Å². The molecule has 0 fully saturated rings. The van der Waals surface area contributed by atoms with Crippen LogP contribution in [-0.2, 0) is 13.1 Å². The second-order valence-electron chi connectivity index (χ2n) is 4.27. The third kappa shape index (κ3) is 2.71. The molecule has 96 valence electrons. The van der Waals surface area contributed by atoms with E-state index in [1.807, 2.05) is 37.5 Å². The molecule has 1 aromatic heterocycles. The first-order valence-electron chi connectivity index (χ1n) is 6.11. The summed E-state index contributed by atoms with van der Waals surface area (Å²) >= 11 is 0. The van der Waals surface area contributed by atoms with Gasteiger partial charge in [0.05, 0.1) is 18.6 Å². The molecule has 0 amide bonds. The van der Waals surface area contributed by atoms with Crippen molar-refractivity contribution in [2.75, 3.05) is 6.61 Å². The van der Waals surface area contributed by atoms with Gasteiger partial charge in [0.15, 0.2) is 0 Å². The zero-order valence-corrected chi connectivity index (χ0v) is 10.9. The molecule has 0 spiro atoms. The van der Waals surface area contributed by atoms with Crippen LogP contribution in [0.25, 0.3) is 0 Å². The minimum Gasteiger partial charge on any atom is -0.491 e. The summed E-state index contributed by atoms with van der Waals surface area (Å²) in [5.74, 6) is 0.870. The van der Waals surface area contributed by atoms with E-state index in [1.165, 1.54) is 5.69 Å². The molecule has 1 heterocycles. The normalized spacial score (nSPS) is 10.6. The molecular weight excluding hydrogens is 226 g/mol. The van der Waals surface area contributed by atoms with E-state index in [2.05, 4.69) is 16.5 Å². The number of imidazole rings is 1.